The van der Waals surface area contributed by atoms with E-state index in [-0.39, 0.29) is 17.2 Å². The van der Waals surface area contributed by atoms with Crippen LogP contribution in [0, 0.1) is 6.92 Å². The zero-order valence-corrected chi connectivity index (χ0v) is 16.1. The summed E-state index contributed by atoms with van der Waals surface area (Å²) in [6.07, 6.45) is 3.32. The van der Waals surface area contributed by atoms with Crippen molar-refractivity contribution in [3.05, 3.63) is 69.8 Å². The smallest absolute Gasteiger partial charge is 0.276 e. The van der Waals surface area contributed by atoms with Gasteiger partial charge in [0.05, 0.1) is 6.21 Å². The van der Waals surface area contributed by atoms with Gasteiger partial charge >= 0.3 is 0 Å². The first-order valence-corrected chi connectivity index (χ1v) is 9.08. The number of aryl methyl sites for hydroxylation is 1. The summed E-state index contributed by atoms with van der Waals surface area (Å²) in [6, 6.07) is 11.3. The minimum atomic E-state index is -0.511. The summed E-state index contributed by atoms with van der Waals surface area (Å²) in [4.78, 5) is 24.8. The van der Waals surface area contributed by atoms with Gasteiger partial charge in [0.15, 0.2) is 0 Å². The highest BCUT2D eigenvalue weighted by molar-refractivity contribution is 6.02. The van der Waals surface area contributed by atoms with E-state index >= 15 is 0 Å². The Morgan fingerprint density at radius 1 is 1.22 bits per heavy atom. The lowest BCUT2D eigenvalue weighted by molar-refractivity contribution is 0.0953. The second-order valence-electron chi connectivity index (χ2n) is 6.69. The van der Waals surface area contributed by atoms with Gasteiger partial charge in [0.1, 0.15) is 5.56 Å². The third-order valence-corrected chi connectivity index (χ3v) is 4.73. The third kappa shape index (κ3) is 3.43. The number of nitrogens with one attached hydrogen (secondary N) is 1. The number of amides is 1. The first kappa shape index (κ1) is 18.6. The number of benzene rings is 1. The number of hydrogen-bond acceptors (Lipinski definition) is 3. The highest BCUT2D eigenvalue weighted by atomic mass is 16.2. The van der Waals surface area contributed by atoms with Crippen LogP contribution in [0.3, 0.4) is 0 Å². The summed E-state index contributed by atoms with van der Waals surface area (Å²) < 4.78 is 3.73. The highest BCUT2D eigenvalue weighted by Crippen LogP contribution is 2.24. The Balaban J connectivity index is 1.88. The average Bonchev–Trinajstić information content (AvgIpc) is 2.92. The predicted octanol–water partition coefficient (Wildman–Crippen LogP) is 3.48. The maximum absolute atomic E-state index is 12.4. The lowest BCUT2D eigenvalue weighted by Crippen LogP contribution is -2.31. The van der Waals surface area contributed by atoms with Crippen LogP contribution >= 0.6 is 0 Å². The molecular weight excluding hydrogens is 340 g/mol. The normalized spacial score (nSPS) is 11.6. The molecule has 0 fully saturated rings. The Bertz CT molecular complexity index is 1070. The van der Waals surface area contributed by atoms with Gasteiger partial charge in [0.25, 0.3) is 11.5 Å². The van der Waals surface area contributed by atoms with Gasteiger partial charge < -0.3 is 9.13 Å². The molecule has 0 radical (unpaired) electrons. The van der Waals surface area contributed by atoms with E-state index in [4.69, 9.17) is 0 Å². The highest BCUT2D eigenvalue weighted by Gasteiger charge is 2.14. The fourth-order valence-electron chi connectivity index (χ4n) is 3.33. The van der Waals surface area contributed by atoms with Crippen molar-refractivity contribution in [3.63, 3.8) is 0 Å². The number of para-hydroxylation sites is 1. The number of carbonyl (C=O) groups is 1. The first-order valence-electron chi connectivity index (χ1n) is 9.08. The third-order valence-electron chi connectivity index (χ3n) is 4.73. The molecule has 1 N–H and O–H groups in total. The molecule has 0 spiro atoms. The Morgan fingerprint density at radius 3 is 2.67 bits per heavy atom. The lowest BCUT2D eigenvalue weighted by atomic mass is 10.1. The van der Waals surface area contributed by atoms with Gasteiger partial charge in [0, 0.05) is 40.9 Å². The molecule has 0 bridgehead atoms. The molecule has 27 heavy (non-hydrogen) atoms. The van der Waals surface area contributed by atoms with Crippen LogP contribution < -0.4 is 11.0 Å². The number of rotatable bonds is 5. The second kappa shape index (κ2) is 7.61. The number of hydrogen-bond donors (Lipinski definition) is 1. The molecular formula is C21H24N4O2. The summed E-state index contributed by atoms with van der Waals surface area (Å²) >= 11 is 0. The van der Waals surface area contributed by atoms with Gasteiger partial charge in [-0.3, -0.25) is 9.59 Å². The molecule has 2 aromatic heterocycles. The van der Waals surface area contributed by atoms with Crippen molar-refractivity contribution < 1.29 is 4.79 Å². The van der Waals surface area contributed by atoms with Gasteiger partial charge in [-0.2, -0.15) is 5.10 Å². The van der Waals surface area contributed by atoms with Crippen LogP contribution in [0.5, 0.6) is 0 Å². The summed E-state index contributed by atoms with van der Waals surface area (Å²) in [5.41, 5.74) is 5.41. The van der Waals surface area contributed by atoms with Crippen LogP contribution in [0.15, 0.2) is 52.5 Å². The van der Waals surface area contributed by atoms with Crippen LogP contribution in [0.2, 0.25) is 0 Å². The number of carbonyl (C=O) groups excluding carboxylic acids is 1. The van der Waals surface area contributed by atoms with Crippen LogP contribution in [0.1, 0.15) is 48.4 Å². The summed E-state index contributed by atoms with van der Waals surface area (Å²) in [5, 5.41) is 5.19. The topological polar surface area (TPSA) is 68.4 Å². The van der Waals surface area contributed by atoms with Crippen molar-refractivity contribution in [2.24, 2.45) is 5.10 Å². The molecule has 1 amide bonds. The Labute approximate surface area is 158 Å². The predicted molar refractivity (Wildman–Crippen MR) is 108 cm³/mol. The maximum atomic E-state index is 12.4. The molecule has 3 aromatic rings. The van der Waals surface area contributed by atoms with Crippen molar-refractivity contribution in [1.29, 1.82) is 0 Å². The molecule has 0 aliphatic rings. The summed E-state index contributed by atoms with van der Waals surface area (Å²) in [5.74, 6) is -0.511. The molecule has 0 saturated heterocycles. The molecule has 2 heterocycles. The monoisotopic (exact) mass is 364 g/mol. The summed E-state index contributed by atoms with van der Waals surface area (Å²) in [6.45, 7) is 8.77. The Morgan fingerprint density at radius 2 is 1.96 bits per heavy atom. The van der Waals surface area contributed by atoms with E-state index < -0.39 is 5.91 Å². The van der Waals surface area contributed by atoms with Crippen molar-refractivity contribution in [2.45, 2.75) is 40.3 Å². The van der Waals surface area contributed by atoms with Gasteiger partial charge in [-0.05, 0) is 45.9 Å². The van der Waals surface area contributed by atoms with Crippen LogP contribution in [0.4, 0.5) is 0 Å². The number of hydrazone groups is 1. The lowest BCUT2D eigenvalue weighted by Gasteiger charge is -2.10. The van der Waals surface area contributed by atoms with Crippen LogP contribution in [0.25, 0.3) is 10.9 Å². The van der Waals surface area contributed by atoms with Gasteiger partial charge in [-0.25, -0.2) is 5.43 Å². The van der Waals surface area contributed by atoms with Crippen molar-refractivity contribution in [3.8, 4) is 0 Å². The molecule has 140 valence electrons. The van der Waals surface area contributed by atoms with E-state index in [2.05, 4.69) is 28.1 Å². The van der Waals surface area contributed by atoms with E-state index in [1.165, 1.54) is 10.6 Å². The maximum Gasteiger partial charge on any atom is 0.276 e. The minimum absolute atomic E-state index is 0.0171. The van der Waals surface area contributed by atoms with Gasteiger partial charge in [-0.1, -0.05) is 18.2 Å². The largest absolute Gasteiger partial charge is 0.344 e. The molecule has 0 unspecified atom stereocenters. The molecule has 0 aliphatic carbocycles. The summed E-state index contributed by atoms with van der Waals surface area (Å²) in [7, 11) is 0. The fourth-order valence-corrected chi connectivity index (χ4v) is 3.33. The van der Waals surface area contributed by atoms with Gasteiger partial charge in [0.2, 0.25) is 0 Å². The van der Waals surface area contributed by atoms with Crippen molar-refractivity contribution >= 4 is 23.0 Å². The standard InChI is InChI=1S/C21H24N4O2/c1-5-24-15(4)18(16-9-6-7-11-19(16)24)13-22-23-20(26)17-10-8-12-25(14(2)3)21(17)27/h6-14H,5H2,1-4H3,(H,23,26)/b22-13-. The van der Waals surface area contributed by atoms with E-state index in [9.17, 15) is 9.59 Å². The van der Waals surface area contributed by atoms with Crippen LogP contribution in [-0.2, 0) is 6.54 Å². The van der Waals surface area contributed by atoms with E-state index in [1.807, 2.05) is 39.0 Å². The second-order valence-corrected chi connectivity index (χ2v) is 6.69. The molecule has 6 nitrogen and oxygen atoms in total. The van der Waals surface area contributed by atoms with E-state index in [0.717, 1.165) is 28.7 Å². The first-order chi connectivity index (χ1) is 13.0. The van der Waals surface area contributed by atoms with Crippen LogP contribution in [-0.4, -0.2) is 21.3 Å². The fraction of sp³-hybridized carbons (Fsp3) is 0.286. The Kier molecular flexibility index (Phi) is 5.26. The minimum Gasteiger partial charge on any atom is -0.344 e. The van der Waals surface area contributed by atoms with E-state index in [0.29, 0.717) is 0 Å². The molecule has 0 aliphatic heterocycles. The molecule has 3 rings (SSSR count). The van der Waals surface area contributed by atoms with Gasteiger partial charge in [-0.15, -0.1) is 0 Å². The zero-order chi connectivity index (χ0) is 19.6. The Hall–Kier alpha value is -3.15. The number of nitrogens with zero attached hydrogens (tertiary/aromatic N) is 3. The SMILES string of the molecule is CCn1c(C)c(/C=N\NC(=O)c2cccn(C(C)C)c2=O)c2ccccc21. The number of fused-ring (bicyclic) bond motifs is 1. The molecule has 0 atom stereocenters. The molecule has 1 aromatic carbocycles. The average molecular weight is 364 g/mol. The quantitative estimate of drug-likeness (QED) is 0.556. The zero-order valence-electron chi connectivity index (χ0n) is 16.1. The molecule has 6 heteroatoms. The van der Waals surface area contributed by atoms with Crippen molar-refractivity contribution in [1.82, 2.24) is 14.6 Å². The number of pyridine rings is 1. The number of aromatic nitrogens is 2. The van der Waals surface area contributed by atoms with Crippen molar-refractivity contribution in [2.75, 3.05) is 0 Å². The molecule has 0 saturated carbocycles. The van der Waals surface area contributed by atoms with E-state index in [1.54, 1.807) is 18.5 Å².